The fourth-order valence-electron chi connectivity index (χ4n) is 2.23. The molecule has 0 aromatic heterocycles. The van der Waals surface area contributed by atoms with Crippen LogP contribution in [0.15, 0.2) is 30.3 Å². The quantitative estimate of drug-likeness (QED) is 0.707. The van der Waals surface area contributed by atoms with E-state index in [4.69, 9.17) is 4.74 Å². The number of likely N-dealkylation sites (N-methyl/N-ethyl adjacent to an activating group) is 1. The number of benzene rings is 1. The van der Waals surface area contributed by atoms with Gasteiger partial charge < -0.3 is 9.22 Å². The van der Waals surface area contributed by atoms with Gasteiger partial charge in [-0.15, -0.1) is 0 Å². The molecular weight excluding hydrogens is 200 g/mol. The zero-order chi connectivity index (χ0) is 11.4. The molecule has 1 fully saturated rings. The number of quaternary nitrogens is 1. The highest BCUT2D eigenvalue weighted by Crippen LogP contribution is 2.27. The van der Waals surface area contributed by atoms with Crippen molar-refractivity contribution in [3.8, 4) is 6.07 Å². The first kappa shape index (κ1) is 11.1. The van der Waals surface area contributed by atoms with Crippen molar-refractivity contribution in [2.24, 2.45) is 0 Å². The Morgan fingerprint density at radius 3 is 2.44 bits per heavy atom. The van der Waals surface area contributed by atoms with Crippen LogP contribution in [0.25, 0.3) is 0 Å². The molecule has 1 aliphatic heterocycles. The average Bonchev–Trinajstić information content (AvgIpc) is 2.32. The van der Waals surface area contributed by atoms with Gasteiger partial charge in [0.05, 0.1) is 20.3 Å². The van der Waals surface area contributed by atoms with E-state index in [0.717, 1.165) is 36.3 Å². The molecule has 1 aromatic carbocycles. The van der Waals surface area contributed by atoms with Gasteiger partial charge in [-0.25, -0.2) is 0 Å². The van der Waals surface area contributed by atoms with Crippen LogP contribution in [0.2, 0.25) is 0 Å². The van der Waals surface area contributed by atoms with Crippen LogP contribution in [-0.4, -0.2) is 37.8 Å². The predicted molar refractivity (Wildman–Crippen MR) is 61.5 cm³/mol. The van der Waals surface area contributed by atoms with Crippen LogP contribution in [0.5, 0.6) is 0 Å². The summed E-state index contributed by atoms with van der Waals surface area (Å²) >= 11 is 0. The van der Waals surface area contributed by atoms with Crippen LogP contribution in [0.4, 0.5) is 0 Å². The van der Waals surface area contributed by atoms with Gasteiger partial charge in [-0.1, -0.05) is 30.3 Å². The highest BCUT2D eigenvalue weighted by molar-refractivity contribution is 5.22. The molecule has 0 amide bonds. The minimum Gasteiger partial charge on any atom is -0.370 e. The number of morpholine rings is 1. The first-order valence-electron chi connectivity index (χ1n) is 5.63. The first-order chi connectivity index (χ1) is 7.76. The minimum atomic E-state index is -0.0786. The molecule has 3 nitrogen and oxygen atoms in total. The summed E-state index contributed by atoms with van der Waals surface area (Å²) in [5, 5.41) is 9.39. The zero-order valence-corrected chi connectivity index (χ0v) is 9.60. The Balaban J connectivity index is 2.26. The van der Waals surface area contributed by atoms with Crippen molar-refractivity contribution in [1.29, 1.82) is 5.26 Å². The van der Waals surface area contributed by atoms with Gasteiger partial charge in [0.2, 0.25) is 6.04 Å². The normalized spacial score (nSPS) is 21.0. The second-order valence-electron chi connectivity index (χ2n) is 4.48. The van der Waals surface area contributed by atoms with Crippen LogP contribution >= 0.6 is 0 Å². The van der Waals surface area contributed by atoms with Crippen molar-refractivity contribution in [1.82, 2.24) is 0 Å². The Bertz CT molecular complexity index is 377. The van der Waals surface area contributed by atoms with E-state index < -0.39 is 0 Å². The van der Waals surface area contributed by atoms with Crippen molar-refractivity contribution in [3.05, 3.63) is 35.9 Å². The maximum absolute atomic E-state index is 9.39. The average molecular weight is 217 g/mol. The van der Waals surface area contributed by atoms with Gasteiger partial charge in [0, 0.05) is 5.56 Å². The SMILES string of the molecule is C[N+]1(C(C#N)c2ccccc2)CCOCC1. The lowest BCUT2D eigenvalue weighted by Gasteiger charge is -2.40. The molecule has 0 spiro atoms. The van der Waals surface area contributed by atoms with Crippen LogP contribution in [0.3, 0.4) is 0 Å². The Morgan fingerprint density at radius 1 is 1.25 bits per heavy atom. The molecule has 0 aliphatic carbocycles. The maximum Gasteiger partial charge on any atom is 0.202 e. The van der Waals surface area contributed by atoms with Crippen molar-refractivity contribution >= 4 is 0 Å². The molecule has 3 heteroatoms. The van der Waals surface area contributed by atoms with E-state index >= 15 is 0 Å². The van der Waals surface area contributed by atoms with Crippen LogP contribution in [-0.2, 0) is 4.74 Å². The Hall–Kier alpha value is -1.37. The summed E-state index contributed by atoms with van der Waals surface area (Å²) in [5.41, 5.74) is 1.11. The molecule has 1 heterocycles. The van der Waals surface area contributed by atoms with Gasteiger partial charge in [0.25, 0.3) is 0 Å². The van der Waals surface area contributed by atoms with Crippen molar-refractivity contribution in [2.75, 3.05) is 33.4 Å². The summed E-state index contributed by atoms with van der Waals surface area (Å²) in [5.74, 6) is 0. The molecular formula is C13H17N2O+. The molecule has 1 aromatic rings. The molecule has 0 radical (unpaired) electrons. The first-order valence-corrected chi connectivity index (χ1v) is 5.63. The number of nitrogens with zero attached hydrogens (tertiary/aromatic N) is 2. The molecule has 1 atom stereocenters. The minimum absolute atomic E-state index is 0.0786. The topological polar surface area (TPSA) is 33.0 Å². The summed E-state index contributed by atoms with van der Waals surface area (Å²) in [4.78, 5) is 0. The second kappa shape index (κ2) is 4.65. The lowest BCUT2D eigenvalue weighted by atomic mass is 10.0. The molecule has 16 heavy (non-hydrogen) atoms. The maximum atomic E-state index is 9.39. The van der Waals surface area contributed by atoms with Crippen LogP contribution in [0.1, 0.15) is 11.6 Å². The summed E-state index contributed by atoms with van der Waals surface area (Å²) in [6, 6.07) is 12.4. The van der Waals surface area contributed by atoms with Crippen LogP contribution < -0.4 is 0 Å². The third-order valence-corrected chi connectivity index (χ3v) is 3.35. The second-order valence-corrected chi connectivity index (χ2v) is 4.48. The zero-order valence-electron chi connectivity index (χ0n) is 9.60. The van der Waals surface area contributed by atoms with Crippen molar-refractivity contribution in [3.63, 3.8) is 0 Å². The number of ether oxygens (including phenoxy) is 1. The summed E-state index contributed by atoms with van der Waals surface area (Å²) in [6.45, 7) is 3.32. The molecule has 1 unspecified atom stereocenters. The van der Waals surface area contributed by atoms with E-state index in [2.05, 4.69) is 13.1 Å². The smallest absolute Gasteiger partial charge is 0.202 e. The van der Waals surface area contributed by atoms with Gasteiger partial charge >= 0.3 is 0 Å². The van der Waals surface area contributed by atoms with E-state index in [9.17, 15) is 5.26 Å². The number of nitriles is 1. The molecule has 0 bridgehead atoms. The fourth-order valence-corrected chi connectivity index (χ4v) is 2.23. The standard InChI is InChI=1S/C13H17N2O/c1-15(7-9-16-10-8-15)13(11-14)12-5-3-2-4-6-12/h2-6,13H,7-10H2,1H3/q+1. The van der Waals surface area contributed by atoms with Gasteiger partial charge in [-0.3, -0.25) is 0 Å². The number of rotatable bonds is 2. The number of hydrogen-bond donors (Lipinski definition) is 0. The fraction of sp³-hybridized carbons (Fsp3) is 0.462. The molecule has 1 saturated heterocycles. The Labute approximate surface area is 96.5 Å². The number of hydrogen-bond acceptors (Lipinski definition) is 2. The summed E-state index contributed by atoms with van der Waals surface area (Å²) in [7, 11) is 2.14. The van der Waals surface area contributed by atoms with Crippen LogP contribution in [0, 0.1) is 11.3 Å². The monoisotopic (exact) mass is 217 g/mol. The third-order valence-electron chi connectivity index (χ3n) is 3.35. The Kier molecular flexibility index (Phi) is 3.23. The van der Waals surface area contributed by atoms with E-state index in [1.807, 2.05) is 30.3 Å². The van der Waals surface area contributed by atoms with Gasteiger partial charge in [0.15, 0.2) is 0 Å². The lowest BCUT2D eigenvalue weighted by Crippen LogP contribution is -2.53. The molecule has 2 rings (SSSR count). The van der Waals surface area contributed by atoms with Crippen molar-refractivity contribution < 1.29 is 9.22 Å². The Morgan fingerprint density at radius 2 is 1.88 bits per heavy atom. The van der Waals surface area contributed by atoms with Crippen molar-refractivity contribution in [2.45, 2.75) is 6.04 Å². The van der Waals surface area contributed by atoms with Gasteiger partial charge in [-0.2, -0.15) is 5.26 Å². The van der Waals surface area contributed by atoms with Gasteiger partial charge in [0.1, 0.15) is 19.2 Å². The molecule has 0 saturated carbocycles. The highest BCUT2D eigenvalue weighted by atomic mass is 16.5. The molecule has 0 N–H and O–H groups in total. The molecule has 84 valence electrons. The third kappa shape index (κ3) is 2.08. The van der Waals surface area contributed by atoms with E-state index in [-0.39, 0.29) is 6.04 Å². The van der Waals surface area contributed by atoms with Gasteiger partial charge in [-0.05, 0) is 0 Å². The van der Waals surface area contributed by atoms with E-state index in [0.29, 0.717) is 0 Å². The summed E-state index contributed by atoms with van der Waals surface area (Å²) in [6.07, 6.45) is 0. The predicted octanol–water partition coefficient (Wildman–Crippen LogP) is 1.73. The summed E-state index contributed by atoms with van der Waals surface area (Å²) < 4.78 is 6.13. The van der Waals surface area contributed by atoms with E-state index in [1.54, 1.807) is 0 Å². The van der Waals surface area contributed by atoms with E-state index in [1.165, 1.54) is 0 Å². The largest absolute Gasteiger partial charge is 0.370 e. The lowest BCUT2D eigenvalue weighted by molar-refractivity contribution is -0.938. The highest BCUT2D eigenvalue weighted by Gasteiger charge is 2.35. The molecule has 1 aliphatic rings.